The summed E-state index contributed by atoms with van der Waals surface area (Å²) in [5.74, 6) is -0.232. The maximum absolute atomic E-state index is 13.2. The van der Waals surface area contributed by atoms with Crippen molar-refractivity contribution in [2.24, 2.45) is 0 Å². The maximum atomic E-state index is 13.2. The van der Waals surface area contributed by atoms with Gasteiger partial charge in [-0.2, -0.15) is 8.42 Å². The number of rotatable bonds is 7. The minimum absolute atomic E-state index is 0.00152. The number of thioether (sulfide) groups is 1. The standard InChI is InChI=1S/C32H23NO6S2/c1-38-28-18-21(16-17-27(28)39-41(36,37)30-15-7-11-23-9-3-5-14-26(23)30)19-29-31(34)33(32(35)40-29)20-24-12-6-10-22-8-2-4-13-25(22)24/h2-19H,20H2,1H3/b29-19-. The van der Waals surface area contributed by atoms with Gasteiger partial charge in [-0.1, -0.05) is 84.9 Å². The Kier molecular flexibility index (Phi) is 6.98. The third kappa shape index (κ3) is 5.17. The van der Waals surface area contributed by atoms with E-state index in [9.17, 15) is 18.0 Å². The molecule has 0 unspecified atom stereocenters. The van der Waals surface area contributed by atoms with Crippen molar-refractivity contribution < 1.29 is 26.9 Å². The van der Waals surface area contributed by atoms with Crippen LogP contribution in [0.4, 0.5) is 4.79 Å². The predicted octanol–water partition coefficient (Wildman–Crippen LogP) is 7.01. The summed E-state index contributed by atoms with van der Waals surface area (Å²) in [6.07, 6.45) is 1.58. The molecule has 1 aliphatic heterocycles. The van der Waals surface area contributed by atoms with Crippen molar-refractivity contribution in [1.82, 2.24) is 4.90 Å². The van der Waals surface area contributed by atoms with E-state index >= 15 is 0 Å². The largest absolute Gasteiger partial charge is 0.493 e. The molecule has 1 heterocycles. The normalized spacial score (nSPS) is 14.8. The second-order valence-corrected chi connectivity index (χ2v) is 11.8. The van der Waals surface area contributed by atoms with Crippen LogP contribution in [0, 0.1) is 0 Å². The fourth-order valence-electron chi connectivity index (χ4n) is 4.81. The first kappa shape index (κ1) is 26.6. The third-order valence-corrected chi connectivity index (χ3v) is 8.99. The van der Waals surface area contributed by atoms with Crippen LogP contribution < -0.4 is 8.92 Å². The molecule has 0 aromatic heterocycles. The Morgan fingerprint density at radius 3 is 2.20 bits per heavy atom. The Bertz CT molecular complexity index is 1970. The van der Waals surface area contributed by atoms with Gasteiger partial charge in [-0.15, -0.1) is 0 Å². The zero-order chi connectivity index (χ0) is 28.6. The molecule has 7 nitrogen and oxygen atoms in total. The summed E-state index contributed by atoms with van der Waals surface area (Å²) >= 11 is 0.858. The molecular weight excluding hydrogens is 558 g/mol. The van der Waals surface area contributed by atoms with Crippen LogP contribution in [0.25, 0.3) is 27.6 Å². The number of amides is 2. The molecule has 9 heteroatoms. The molecule has 204 valence electrons. The van der Waals surface area contributed by atoms with Gasteiger partial charge in [-0.25, -0.2) is 0 Å². The van der Waals surface area contributed by atoms with E-state index < -0.39 is 16.0 Å². The molecule has 1 fully saturated rings. The lowest BCUT2D eigenvalue weighted by molar-refractivity contribution is -0.123. The molecule has 0 radical (unpaired) electrons. The SMILES string of the molecule is COc1cc(/C=C2\SC(=O)N(Cc3cccc4ccccc34)C2=O)ccc1OS(=O)(=O)c1cccc2ccccc12. The smallest absolute Gasteiger partial charge is 0.339 e. The summed E-state index contributed by atoms with van der Waals surface area (Å²) < 4.78 is 37.3. The number of nitrogens with zero attached hydrogens (tertiary/aromatic N) is 1. The van der Waals surface area contributed by atoms with E-state index in [0.29, 0.717) is 10.9 Å². The zero-order valence-electron chi connectivity index (χ0n) is 21.8. The average Bonchev–Trinajstić information content (AvgIpc) is 3.24. The van der Waals surface area contributed by atoms with Crippen molar-refractivity contribution in [3.8, 4) is 11.5 Å². The molecule has 0 saturated carbocycles. The zero-order valence-corrected chi connectivity index (χ0v) is 23.4. The lowest BCUT2D eigenvalue weighted by atomic mass is 10.0. The first-order chi connectivity index (χ1) is 19.8. The van der Waals surface area contributed by atoms with Crippen molar-refractivity contribution in [3.63, 3.8) is 0 Å². The maximum Gasteiger partial charge on any atom is 0.339 e. The molecule has 41 heavy (non-hydrogen) atoms. The molecule has 1 aliphatic rings. The number of hydrogen-bond donors (Lipinski definition) is 0. The number of hydrogen-bond acceptors (Lipinski definition) is 7. The number of carbonyl (C=O) groups excluding carboxylic acids is 2. The van der Waals surface area contributed by atoms with E-state index in [1.54, 1.807) is 36.4 Å². The predicted molar refractivity (Wildman–Crippen MR) is 160 cm³/mol. The van der Waals surface area contributed by atoms with Crippen LogP contribution in [0.1, 0.15) is 11.1 Å². The topological polar surface area (TPSA) is 90.0 Å². The van der Waals surface area contributed by atoms with Crippen LogP contribution >= 0.6 is 11.8 Å². The summed E-state index contributed by atoms with van der Waals surface area (Å²) in [7, 11) is -2.78. The Labute approximate surface area is 241 Å². The van der Waals surface area contributed by atoms with Gasteiger partial charge in [0.05, 0.1) is 18.6 Å². The van der Waals surface area contributed by atoms with E-state index in [1.807, 2.05) is 60.7 Å². The monoisotopic (exact) mass is 581 g/mol. The number of imide groups is 1. The van der Waals surface area contributed by atoms with Crippen LogP contribution in [0.15, 0.2) is 113 Å². The fourth-order valence-corrected chi connectivity index (χ4v) is 6.81. The van der Waals surface area contributed by atoms with Crippen molar-refractivity contribution >= 4 is 60.6 Å². The van der Waals surface area contributed by atoms with E-state index in [2.05, 4.69) is 0 Å². The first-order valence-corrected chi connectivity index (χ1v) is 14.9. The number of methoxy groups -OCH3 is 1. The molecule has 2 amide bonds. The minimum atomic E-state index is -4.18. The van der Waals surface area contributed by atoms with Crippen molar-refractivity contribution in [2.45, 2.75) is 11.4 Å². The molecule has 0 atom stereocenters. The summed E-state index contributed by atoms with van der Waals surface area (Å²) in [6.45, 7) is 0.158. The minimum Gasteiger partial charge on any atom is -0.493 e. The molecular formula is C32H23NO6S2. The molecule has 0 aliphatic carbocycles. The van der Waals surface area contributed by atoms with Gasteiger partial charge < -0.3 is 8.92 Å². The van der Waals surface area contributed by atoms with Gasteiger partial charge in [0.25, 0.3) is 11.1 Å². The lowest BCUT2D eigenvalue weighted by Crippen LogP contribution is -2.27. The van der Waals surface area contributed by atoms with Crippen LogP contribution in [-0.4, -0.2) is 31.6 Å². The van der Waals surface area contributed by atoms with Gasteiger partial charge in [0.1, 0.15) is 4.90 Å². The molecule has 0 bridgehead atoms. The van der Waals surface area contributed by atoms with Gasteiger partial charge in [-0.3, -0.25) is 14.5 Å². The molecule has 0 N–H and O–H groups in total. The summed E-state index contributed by atoms with van der Waals surface area (Å²) in [5, 5.41) is 2.97. The van der Waals surface area contributed by atoms with E-state index in [0.717, 1.165) is 33.5 Å². The van der Waals surface area contributed by atoms with Crippen molar-refractivity contribution in [2.75, 3.05) is 7.11 Å². The van der Waals surface area contributed by atoms with Gasteiger partial charge in [-0.05, 0) is 63.3 Å². The van der Waals surface area contributed by atoms with Gasteiger partial charge in [0.15, 0.2) is 11.5 Å². The van der Waals surface area contributed by atoms with Gasteiger partial charge in [0.2, 0.25) is 0 Å². The summed E-state index contributed by atoms with van der Waals surface area (Å²) in [4.78, 5) is 27.5. The highest BCUT2D eigenvalue weighted by Crippen LogP contribution is 2.37. The number of fused-ring (bicyclic) bond motifs is 2. The van der Waals surface area contributed by atoms with Crippen molar-refractivity contribution in [1.29, 1.82) is 0 Å². The van der Waals surface area contributed by atoms with E-state index in [-0.39, 0.29) is 33.1 Å². The number of carbonyl (C=O) groups is 2. The van der Waals surface area contributed by atoms with Gasteiger partial charge in [0, 0.05) is 5.39 Å². The molecule has 0 spiro atoms. The Hall–Kier alpha value is -4.60. The van der Waals surface area contributed by atoms with Crippen LogP contribution in [-0.2, 0) is 21.5 Å². The highest BCUT2D eigenvalue weighted by atomic mass is 32.2. The average molecular weight is 582 g/mol. The Balaban J connectivity index is 1.25. The molecule has 1 saturated heterocycles. The molecule has 5 aromatic carbocycles. The van der Waals surface area contributed by atoms with E-state index in [1.165, 1.54) is 24.1 Å². The van der Waals surface area contributed by atoms with Crippen molar-refractivity contribution in [3.05, 3.63) is 119 Å². The first-order valence-electron chi connectivity index (χ1n) is 12.7. The number of ether oxygens (including phenoxy) is 1. The summed E-state index contributed by atoms with van der Waals surface area (Å²) in [6, 6.07) is 30.4. The molecule has 6 rings (SSSR count). The Morgan fingerprint density at radius 2 is 1.44 bits per heavy atom. The second kappa shape index (κ2) is 10.8. The fraction of sp³-hybridized carbons (Fsp3) is 0.0625. The Morgan fingerprint density at radius 1 is 0.780 bits per heavy atom. The lowest BCUT2D eigenvalue weighted by Gasteiger charge is -2.14. The molecule has 5 aromatic rings. The second-order valence-electron chi connectivity index (χ2n) is 9.33. The quantitative estimate of drug-likeness (QED) is 0.151. The highest BCUT2D eigenvalue weighted by molar-refractivity contribution is 8.18. The van der Waals surface area contributed by atoms with E-state index in [4.69, 9.17) is 8.92 Å². The van der Waals surface area contributed by atoms with Crippen LogP contribution in [0.3, 0.4) is 0 Å². The van der Waals surface area contributed by atoms with Crippen LogP contribution in [0.5, 0.6) is 11.5 Å². The highest BCUT2D eigenvalue weighted by Gasteiger charge is 2.35. The third-order valence-electron chi connectivity index (χ3n) is 6.79. The summed E-state index contributed by atoms with van der Waals surface area (Å²) in [5.41, 5.74) is 1.43. The number of benzene rings is 5. The van der Waals surface area contributed by atoms with Crippen LogP contribution in [0.2, 0.25) is 0 Å². The van der Waals surface area contributed by atoms with Gasteiger partial charge >= 0.3 is 10.1 Å².